The summed E-state index contributed by atoms with van der Waals surface area (Å²) in [7, 11) is 2.63. The molecule has 0 spiro atoms. The van der Waals surface area contributed by atoms with E-state index in [1.165, 1.54) is 0 Å². The number of benzene rings is 2. The third-order valence-electron chi connectivity index (χ3n) is 3.57. The van der Waals surface area contributed by atoms with Crippen LogP contribution in [0.4, 0.5) is 19.3 Å². The average molecular weight is 364 g/mol. The van der Waals surface area contributed by atoms with Crippen LogP contribution in [0.25, 0.3) is 0 Å². The zero-order valence-corrected chi connectivity index (χ0v) is 14.3. The van der Waals surface area contributed by atoms with E-state index in [-0.39, 0.29) is 12.2 Å². The molecule has 0 unspecified atom stereocenters. The molecule has 138 valence electrons. The van der Waals surface area contributed by atoms with Gasteiger partial charge in [0.2, 0.25) is 0 Å². The molecular weight excluding hydrogens is 346 g/mol. The molecule has 0 aliphatic carbocycles. The monoisotopic (exact) mass is 364 g/mol. The minimum atomic E-state index is -1.08. The summed E-state index contributed by atoms with van der Waals surface area (Å²) in [6, 6.07) is 8.03. The SMILES string of the molecule is COCc1ccccc1CNC(=O)Nc1cc(C(=O)OC)c(F)cc1F. The van der Waals surface area contributed by atoms with Crippen LogP contribution in [0, 0.1) is 11.6 Å². The number of hydrogen-bond donors (Lipinski definition) is 2. The van der Waals surface area contributed by atoms with Gasteiger partial charge in [0.15, 0.2) is 0 Å². The van der Waals surface area contributed by atoms with Gasteiger partial charge in [0.1, 0.15) is 11.6 Å². The van der Waals surface area contributed by atoms with Crippen molar-refractivity contribution in [2.75, 3.05) is 19.5 Å². The van der Waals surface area contributed by atoms with Gasteiger partial charge in [0.05, 0.1) is 25.0 Å². The normalized spacial score (nSPS) is 10.3. The van der Waals surface area contributed by atoms with E-state index >= 15 is 0 Å². The lowest BCUT2D eigenvalue weighted by atomic mass is 10.1. The Morgan fingerprint density at radius 1 is 1.04 bits per heavy atom. The molecule has 0 bridgehead atoms. The molecule has 2 aromatic rings. The van der Waals surface area contributed by atoms with Crippen LogP contribution in [0.3, 0.4) is 0 Å². The number of amides is 2. The summed E-state index contributed by atoms with van der Waals surface area (Å²) < 4.78 is 36.9. The molecule has 6 nitrogen and oxygen atoms in total. The molecule has 2 rings (SSSR count). The molecule has 0 aromatic heterocycles. The summed E-state index contributed by atoms with van der Waals surface area (Å²) in [4.78, 5) is 23.5. The molecule has 0 aliphatic heterocycles. The first-order valence-corrected chi connectivity index (χ1v) is 7.64. The van der Waals surface area contributed by atoms with Crippen molar-refractivity contribution in [1.29, 1.82) is 0 Å². The first-order valence-electron chi connectivity index (χ1n) is 7.64. The quantitative estimate of drug-likeness (QED) is 0.772. The third kappa shape index (κ3) is 4.76. The maximum Gasteiger partial charge on any atom is 0.340 e. The van der Waals surface area contributed by atoms with Gasteiger partial charge >= 0.3 is 12.0 Å². The molecule has 0 heterocycles. The van der Waals surface area contributed by atoms with Gasteiger partial charge in [-0.15, -0.1) is 0 Å². The maximum atomic E-state index is 13.8. The Labute approximate surface area is 149 Å². The Balaban J connectivity index is 2.07. The number of halogens is 2. The molecule has 0 radical (unpaired) electrons. The van der Waals surface area contributed by atoms with Gasteiger partial charge in [-0.05, 0) is 17.2 Å². The number of hydrogen-bond acceptors (Lipinski definition) is 4. The molecule has 2 aromatic carbocycles. The second-order valence-corrected chi connectivity index (χ2v) is 5.31. The van der Waals surface area contributed by atoms with Crippen molar-refractivity contribution in [2.45, 2.75) is 13.2 Å². The van der Waals surface area contributed by atoms with Crippen LogP contribution in [-0.4, -0.2) is 26.2 Å². The summed E-state index contributed by atoms with van der Waals surface area (Å²) in [6.45, 7) is 0.562. The number of anilines is 1. The van der Waals surface area contributed by atoms with Crippen LogP contribution in [0.1, 0.15) is 21.5 Å². The van der Waals surface area contributed by atoms with E-state index in [0.29, 0.717) is 12.7 Å². The lowest BCUT2D eigenvalue weighted by Crippen LogP contribution is -2.29. The van der Waals surface area contributed by atoms with E-state index in [9.17, 15) is 18.4 Å². The molecule has 2 amide bonds. The summed E-state index contributed by atoms with van der Waals surface area (Å²) in [5.74, 6) is -3.06. The van der Waals surface area contributed by atoms with Gasteiger partial charge in [-0.2, -0.15) is 0 Å². The van der Waals surface area contributed by atoms with Gasteiger partial charge in [-0.1, -0.05) is 24.3 Å². The fraction of sp³-hybridized carbons (Fsp3) is 0.222. The van der Waals surface area contributed by atoms with Crippen LogP contribution in [-0.2, 0) is 22.6 Å². The lowest BCUT2D eigenvalue weighted by Gasteiger charge is -2.12. The van der Waals surface area contributed by atoms with Crippen molar-refractivity contribution >= 4 is 17.7 Å². The number of carbonyl (C=O) groups is 2. The fourth-order valence-corrected chi connectivity index (χ4v) is 2.28. The van der Waals surface area contributed by atoms with Crippen LogP contribution < -0.4 is 10.6 Å². The van der Waals surface area contributed by atoms with Crippen molar-refractivity contribution in [3.63, 3.8) is 0 Å². The number of esters is 1. The fourth-order valence-electron chi connectivity index (χ4n) is 2.28. The molecule has 26 heavy (non-hydrogen) atoms. The van der Waals surface area contributed by atoms with Crippen molar-refractivity contribution in [3.05, 3.63) is 64.7 Å². The van der Waals surface area contributed by atoms with Crippen LogP contribution in [0.5, 0.6) is 0 Å². The molecule has 0 fully saturated rings. The van der Waals surface area contributed by atoms with E-state index in [0.717, 1.165) is 24.3 Å². The summed E-state index contributed by atoms with van der Waals surface area (Å²) >= 11 is 0. The molecule has 0 atom stereocenters. The van der Waals surface area contributed by atoms with Crippen molar-refractivity contribution in [3.8, 4) is 0 Å². The van der Waals surface area contributed by atoms with Crippen molar-refractivity contribution in [2.24, 2.45) is 0 Å². The van der Waals surface area contributed by atoms with Crippen molar-refractivity contribution < 1.29 is 27.8 Å². The zero-order chi connectivity index (χ0) is 19.1. The Kier molecular flexibility index (Phi) is 6.62. The van der Waals surface area contributed by atoms with E-state index in [1.807, 2.05) is 24.3 Å². The van der Waals surface area contributed by atoms with Crippen LogP contribution >= 0.6 is 0 Å². The maximum absolute atomic E-state index is 13.8. The summed E-state index contributed by atoms with van der Waals surface area (Å²) in [5, 5.41) is 4.82. The van der Waals surface area contributed by atoms with Gasteiger partial charge in [0, 0.05) is 19.7 Å². The molecule has 0 saturated heterocycles. The predicted octanol–water partition coefficient (Wildman–Crippen LogP) is 3.22. The number of rotatable bonds is 6. The van der Waals surface area contributed by atoms with Gasteiger partial charge < -0.3 is 20.1 Å². The second-order valence-electron chi connectivity index (χ2n) is 5.31. The number of urea groups is 1. The molecule has 2 N–H and O–H groups in total. The van der Waals surface area contributed by atoms with Crippen molar-refractivity contribution in [1.82, 2.24) is 5.32 Å². The molecular formula is C18H18F2N2O4. The summed E-state index contributed by atoms with van der Waals surface area (Å²) in [5.41, 5.74) is 0.916. The van der Waals surface area contributed by atoms with Crippen LogP contribution in [0.2, 0.25) is 0 Å². The number of methoxy groups -OCH3 is 2. The Morgan fingerprint density at radius 3 is 2.38 bits per heavy atom. The van der Waals surface area contributed by atoms with Gasteiger partial charge in [0.25, 0.3) is 0 Å². The first-order chi connectivity index (χ1) is 12.5. The van der Waals surface area contributed by atoms with E-state index in [2.05, 4.69) is 15.4 Å². The number of carbonyl (C=O) groups excluding carboxylic acids is 2. The smallest absolute Gasteiger partial charge is 0.340 e. The molecule has 0 saturated carbocycles. The lowest BCUT2D eigenvalue weighted by molar-refractivity contribution is 0.0595. The topological polar surface area (TPSA) is 76.7 Å². The average Bonchev–Trinajstić information content (AvgIpc) is 2.63. The first kappa shape index (κ1) is 19.3. The Morgan fingerprint density at radius 2 is 1.73 bits per heavy atom. The van der Waals surface area contributed by atoms with Gasteiger partial charge in [-0.3, -0.25) is 0 Å². The minimum absolute atomic E-state index is 0.179. The highest BCUT2D eigenvalue weighted by molar-refractivity contribution is 5.94. The second kappa shape index (κ2) is 8.91. The summed E-state index contributed by atoms with van der Waals surface area (Å²) in [6.07, 6.45) is 0. The Hall–Kier alpha value is -3.00. The predicted molar refractivity (Wildman–Crippen MR) is 90.7 cm³/mol. The van der Waals surface area contributed by atoms with Gasteiger partial charge in [-0.25, -0.2) is 18.4 Å². The highest BCUT2D eigenvalue weighted by Gasteiger charge is 2.17. The largest absolute Gasteiger partial charge is 0.465 e. The number of ether oxygens (including phenoxy) is 2. The molecule has 0 aliphatic rings. The highest BCUT2D eigenvalue weighted by Crippen LogP contribution is 2.20. The van der Waals surface area contributed by atoms with E-state index in [4.69, 9.17) is 4.74 Å². The van der Waals surface area contributed by atoms with E-state index in [1.54, 1.807) is 7.11 Å². The van der Waals surface area contributed by atoms with Crippen LogP contribution in [0.15, 0.2) is 36.4 Å². The number of nitrogens with one attached hydrogen (secondary N) is 2. The standard InChI is InChI=1S/C18H18F2N2O4/c1-25-10-12-6-4-3-5-11(12)9-21-18(24)22-16-7-13(17(23)26-2)14(19)8-15(16)20/h3-8H,9-10H2,1-2H3,(H2,21,22,24). The zero-order valence-electron chi connectivity index (χ0n) is 14.3. The molecule has 8 heteroatoms. The third-order valence-corrected chi connectivity index (χ3v) is 3.57. The van der Waals surface area contributed by atoms with E-state index < -0.39 is 29.2 Å². The highest BCUT2D eigenvalue weighted by atomic mass is 19.1. The minimum Gasteiger partial charge on any atom is -0.465 e. The Bertz CT molecular complexity index is 812.